The second-order valence-electron chi connectivity index (χ2n) is 8.69. The molecule has 2 atom stereocenters. The highest BCUT2D eigenvalue weighted by Crippen LogP contribution is 2.57. The molecule has 4 nitrogen and oxygen atoms in total. The molecule has 1 saturated carbocycles. The summed E-state index contributed by atoms with van der Waals surface area (Å²) in [4.78, 5) is 13.8. The summed E-state index contributed by atoms with van der Waals surface area (Å²) in [5.41, 5.74) is 0.764. The van der Waals surface area contributed by atoms with E-state index in [9.17, 15) is 23.1 Å². The van der Waals surface area contributed by atoms with Crippen molar-refractivity contribution in [2.75, 3.05) is 7.11 Å². The van der Waals surface area contributed by atoms with Crippen molar-refractivity contribution in [3.05, 3.63) is 94.0 Å². The number of thioether (sulfide) groups is 1. The van der Waals surface area contributed by atoms with Gasteiger partial charge in [-0.15, -0.1) is 11.8 Å². The van der Waals surface area contributed by atoms with Gasteiger partial charge in [0.05, 0.1) is 24.2 Å². The lowest BCUT2D eigenvalue weighted by Crippen LogP contribution is -2.19. The van der Waals surface area contributed by atoms with Crippen molar-refractivity contribution in [2.45, 2.75) is 29.2 Å². The van der Waals surface area contributed by atoms with Crippen LogP contribution in [0.4, 0.5) is 17.6 Å². The van der Waals surface area contributed by atoms with Crippen LogP contribution in [0, 0.1) is 11.7 Å². The molecule has 0 bridgehead atoms. The molecule has 0 aliphatic heterocycles. The monoisotopic (exact) mass is 515 g/mol. The molecule has 1 heterocycles. The fourth-order valence-electron chi connectivity index (χ4n) is 4.45. The Hall–Kier alpha value is -3.46. The zero-order valence-corrected chi connectivity index (χ0v) is 19.9. The van der Waals surface area contributed by atoms with E-state index in [1.807, 2.05) is 30.3 Å². The number of hydrogen-bond donors (Lipinski definition) is 1. The van der Waals surface area contributed by atoms with Gasteiger partial charge in [-0.05, 0) is 47.7 Å². The quantitative estimate of drug-likeness (QED) is 0.227. The first-order chi connectivity index (χ1) is 17.2. The minimum Gasteiger partial charge on any atom is -0.507 e. The third kappa shape index (κ3) is 4.55. The molecular weight excluding hydrogens is 494 g/mol. The van der Waals surface area contributed by atoms with Gasteiger partial charge in [-0.25, -0.2) is 4.39 Å². The van der Waals surface area contributed by atoms with Gasteiger partial charge in [0.25, 0.3) is 5.56 Å². The predicted molar refractivity (Wildman–Crippen MR) is 131 cm³/mol. The number of hydrogen-bond acceptors (Lipinski definition) is 4. The Balaban J connectivity index is 1.55. The predicted octanol–water partition coefficient (Wildman–Crippen LogP) is 6.80. The maximum absolute atomic E-state index is 15.1. The zero-order chi connectivity index (χ0) is 25.6. The summed E-state index contributed by atoms with van der Waals surface area (Å²) >= 11 is 1.55. The Morgan fingerprint density at radius 2 is 1.83 bits per heavy atom. The summed E-state index contributed by atoms with van der Waals surface area (Å²) in [6.07, 6.45) is -4.59. The van der Waals surface area contributed by atoms with Crippen molar-refractivity contribution < 1.29 is 27.4 Å². The molecule has 0 spiro atoms. The molecule has 36 heavy (non-hydrogen) atoms. The standard InChI is InChI=1S/C27H21F4NO3S/c1-35-25-11-18(17-10-20(17)27(29,30)31)21(28)12-23(25)32-22-8-7-16(9-19(22)24(33)13-26(32)34)36-14-15-5-3-2-4-6-15/h2-9,11-13,17,20,33H,10,14H2,1H3/t17-,20+/m0/s1. The van der Waals surface area contributed by atoms with Gasteiger partial charge in [0.15, 0.2) is 0 Å². The van der Waals surface area contributed by atoms with Crippen LogP contribution in [0.5, 0.6) is 11.5 Å². The lowest BCUT2D eigenvalue weighted by molar-refractivity contribution is -0.148. The van der Waals surface area contributed by atoms with Gasteiger partial charge >= 0.3 is 6.18 Å². The average molecular weight is 516 g/mol. The van der Waals surface area contributed by atoms with Crippen molar-refractivity contribution in [1.82, 2.24) is 4.57 Å². The van der Waals surface area contributed by atoms with Crippen LogP contribution in [0.3, 0.4) is 0 Å². The second kappa shape index (κ2) is 9.20. The fourth-order valence-corrected chi connectivity index (χ4v) is 5.35. The summed E-state index contributed by atoms with van der Waals surface area (Å²) in [7, 11) is 1.31. The highest BCUT2D eigenvalue weighted by atomic mass is 32.2. The van der Waals surface area contributed by atoms with E-state index in [2.05, 4.69) is 0 Å². The van der Waals surface area contributed by atoms with Crippen LogP contribution in [0.15, 0.2) is 76.4 Å². The van der Waals surface area contributed by atoms with E-state index in [1.54, 1.807) is 30.0 Å². The molecule has 1 aliphatic rings. The number of halogens is 4. The van der Waals surface area contributed by atoms with E-state index in [0.717, 1.165) is 22.6 Å². The molecule has 1 aromatic heterocycles. The molecular formula is C27H21F4NO3S. The van der Waals surface area contributed by atoms with Gasteiger partial charge in [0.2, 0.25) is 0 Å². The molecule has 0 unspecified atom stereocenters. The molecule has 1 aliphatic carbocycles. The van der Waals surface area contributed by atoms with Gasteiger partial charge in [0.1, 0.15) is 17.3 Å². The lowest BCUT2D eigenvalue weighted by Gasteiger charge is -2.17. The Morgan fingerprint density at radius 3 is 2.50 bits per heavy atom. The van der Waals surface area contributed by atoms with Crippen molar-refractivity contribution in [3.8, 4) is 17.2 Å². The maximum atomic E-state index is 15.1. The lowest BCUT2D eigenvalue weighted by atomic mass is 10.1. The van der Waals surface area contributed by atoms with E-state index in [4.69, 9.17) is 4.74 Å². The van der Waals surface area contributed by atoms with Crippen molar-refractivity contribution in [1.29, 1.82) is 0 Å². The van der Waals surface area contributed by atoms with Gasteiger partial charge in [0, 0.05) is 28.2 Å². The van der Waals surface area contributed by atoms with Crippen LogP contribution in [0.1, 0.15) is 23.5 Å². The van der Waals surface area contributed by atoms with E-state index in [0.29, 0.717) is 16.7 Å². The van der Waals surface area contributed by atoms with Crippen LogP contribution in [-0.2, 0) is 5.75 Å². The molecule has 0 amide bonds. The van der Waals surface area contributed by atoms with Gasteiger partial charge in [-0.3, -0.25) is 9.36 Å². The summed E-state index contributed by atoms with van der Waals surface area (Å²) in [5, 5.41) is 10.9. The Bertz CT molecular complexity index is 1500. The Labute approximate surface area is 208 Å². The first-order valence-electron chi connectivity index (χ1n) is 11.2. The van der Waals surface area contributed by atoms with E-state index in [-0.39, 0.29) is 29.2 Å². The van der Waals surface area contributed by atoms with E-state index < -0.39 is 29.4 Å². The smallest absolute Gasteiger partial charge is 0.392 e. The van der Waals surface area contributed by atoms with Gasteiger partial charge in [-0.2, -0.15) is 13.2 Å². The number of aromatic nitrogens is 1. The maximum Gasteiger partial charge on any atom is 0.392 e. The highest BCUT2D eigenvalue weighted by Gasteiger charge is 2.57. The SMILES string of the molecule is COc1cc([C@@H]2C[C@H]2C(F)(F)F)c(F)cc1-n1c(=O)cc(O)c2cc(SCc3ccccc3)ccc21. The highest BCUT2D eigenvalue weighted by molar-refractivity contribution is 7.98. The summed E-state index contributed by atoms with van der Waals surface area (Å²) in [5.74, 6) is -2.87. The van der Waals surface area contributed by atoms with Gasteiger partial charge < -0.3 is 9.84 Å². The van der Waals surface area contributed by atoms with Crippen LogP contribution in [0.25, 0.3) is 16.6 Å². The van der Waals surface area contributed by atoms with Crippen LogP contribution in [0.2, 0.25) is 0 Å². The zero-order valence-electron chi connectivity index (χ0n) is 19.1. The topological polar surface area (TPSA) is 51.5 Å². The van der Waals surface area contributed by atoms with Crippen molar-refractivity contribution in [2.24, 2.45) is 5.92 Å². The van der Waals surface area contributed by atoms with E-state index in [1.165, 1.54) is 17.7 Å². The minimum absolute atomic E-state index is 0.0441. The molecule has 3 aromatic carbocycles. The number of nitrogens with zero attached hydrogens (tertiary/aromatic N) is 1. The molecule has 4 aromatic rings. The number of alkyl halides is 3. The number of fused-ring (bicyclic) bond motifs is 1. The largest absolute Gasteiger partial charge is 0.507 e. The number of rotatable bonds is 6. The fraction of sp³-hybridized carbons (Fsp3) is 0.222. The molecule has 0 radical (unpaired) electrons. The Kier molecular flexibility index (Phi) is 6.20. The van der Waals surface area contributed by atoms with Crippen LogP contribution >= 0.6 is 11.8 Å². The second-order valence-corrected chi connectivity index (χ2v) is 9.74. The molecule has 0 saturated heterocycles. The normalized spacial score (nSPS) is 17.4. The number of aromatic hydroxyl groups is 1. The summed E-state index contributed by atoms with van der Waals surface area (Å²) < 4.78 is 60.8. The third-order valence-corrected chi connectivity index (χ3v) is 7.43. The average Bonchev–Trinajstić information content (AvgIpc) is 3.65. The minimum atomic E-state index is -4.40. The molecule has 5 rings (SSSR count). The van der Waals surface area contributed by atoms with Gasteiger partial charge in [-0.1, -0.05) is 30.3 Å². The summed E-state index contributed by atoms with van der Waals surface area (Å²) in [6.45, 7) is 0. The molecule has 186 valence electrons. The van der Waals surface area contributed by atoms with Crippen LogP contribution in [-0.4, -0.2) is 23.0 Å². The summed E-state index contributed by atoms with van der Waals surface area (Å²) in [6, 6.07) is 18.3. The Morgan fingerprint density at radius 1 is 1.08 bits per heavy atom. The third-order valence-electron chi connectivity index (χ3n) is 6.36. The first kappa shape index (κ1) is 24.2. The number of ether oxygens (including phenoxy) is 1. The van der Waals surface area contributed by atoms with Crippen molar-refractivity contribution >= 4 is 22.7 Å². The number of benzene rings is 3. The molecule has 9 heteroatoms. The first-order valence-corrected chi connectivity index (χ1v) is 12.2. The van der Waals surface area contributed by atoms with Crippen LogP contribution < -0.4 is 10.3 Å². The molecule has 1 fully saturated rings. The molecule has 1 N–H and O–H groups in total. The van der Waals surface area contributed by atoms with E-state index >= 15 is 4.39 Å². The van der Waals surface area contributed by atoms with Crippen molar-refractivity contribution in [3.63, 3.8) is 0 Å². The number of methoxy groups -OCH3 is 1. The number of pyridine rings is 1.